The third-order valence-electron chi connectivity index (χ3n) is 13.3. The van der Waals surface area contributed by atoms with E-state index in [-0.39, 0.29) is 71.9 Å². The number of nitrogens with two attached hydrogens (primary N) is 1. The molecule has 0 unspecified atom stereocenters. The molecular weight excluding hydrogens is 1100 g/mol. The maximum Gasteiger partial charge on any atom is 0.254 e. The molecule has 1 saturated heterocycles. The van der Waals surface area contributed by atoms with Crippen LogP contribution in [0.1, 0.15) is 84.7 Å². The summed E-state index contributed by atoms with van der Waals surface area (Å²) >= 11 is 1.54. The molecule has 3 aromatic carbocycles. The van der Waals surface area contributed by atoms with Crippen LogP contribution < -0.4 is 36.5 Å². The highest BCUT2D eigenvalue weighted by Crippen LogP contribution is 2.38. The number of ether oxygens (including phenoxy) is 2. The van der Waals surface area contributed by atoms with Crippen LogP contribution in [0, 0.1) is 18.2 Å². The number of aliphatic hydroxyl groups excluding tert-OH is 1. The molecule has 1 fully saturated rings. The van der Waals surface area contributed by atoms with E-state index in [1.54, 1.807) is 62.7 Å². The normalized spacial score (nSPS) is 15.4. The first-order chi connectivity index (χ1) is 38.2. The number of aliphatic hydroxyl groups is 1. The number of benzene rings is 3. The number of primary amides is 1. The molecule has 7 rings (SSSR count). The van der Waals surface area contributed by atoms with Crippen LogP contribution in [0.25, 0.3) is 21.7 Å². The number of hydrogen-bond donors (Lipinski definition) is 7. The van der Waals surface area contributed by atoms with Gasteiger partial charge in [-0.15, -0.1) is 11.3 Å². The highest BCUT2D eigenvalue weighted by atomic mass is 32.2. The highest BCUT2D eigenvalue weighted by molar-refractivity contribution is 7.92. The summed E-state index contributed by atoms with van der Waals surface area (Å²) in [6.45, 7) is 16.8. The third kappa shape index (κ3) is 16.1. The Morgan fingerprint density at radius 1 is 0.963 bits per heavy atom. The summed E-state index contributed by atoms with van der Waals surface area (Å²) in [7, 11) is -5.31. The average Bonchev–Trinajstić information content (AvgIpc) is 4.23. The Balaban J connectivity index is 1.04. The van der Waals surface area contributed by atoms with Crippen molar-refractivity contribution < 1.29 is 51.4 Å². The molecule has 4 atom stereocenters. The minimum absolute atomic E-state index is 0.00958. The van der Waals surface area contributed by atoms with Crippen LogP contribution in [0.3, 0.4) is 0 Å². The number of nitrogens with one attached hydrogen (secondary N) is 5. The van der Waals surface area contributed by atoms with E-state index in [0.29, 0.717) is 17.7 Å². The molecule has 25 heteroatoms. The molecule has 0 spiro atoms. The lowest BCUT2D eigenvalue weighted by Gasteiger charge is -2.35. The second-order valence-corrected chi connectivity index (χ2v) is 30.5. The lowest BCUT2D eigenvalue weighted by Crippen LogP contribution is -2.58. The van der Waals surface area contributed by atoms with Crippen LogP contribution in [0.4, 0.5) is 21.7 Å². The number of pyridine rings is 1. The molecule has 21 nitrogen and oxygen atoms in total. The lowest BCUT2D eigenvalue weighted by molar-refractivity contribution is -0.143. The number of thiazole rings is 1. The molecule has 0 aliphatic carbocycles. The van der Waals surface area contributed by atoms with E-state index in [4.69, 9.17) is 20.3 Å². The molecule has 4 heterocycles. The number of nitrogens with zero attached hydrogens (tertiary/aromatic N) is 5. The Morgan fingerprint density at radius 2 is 1.67 bits per heavy atom. The van der Waals surface area contributed by atoms with Gasteiger partial charge in [0, 0.05) is 46.0 Å². The van der Waals surface area contributed by atoms with Gasteiger partial charge in [0.2, 0.25) is 27.7 Å². The molecule has 8 N–H and O–H groups in total. The largest absolute Gasteiger partial charge is 0.484 e. The number of sulfonamides is 1. The van der Waals surface area contributed by atoms with Gasteiger partial charge in [0.1, 0.15) is 59.4 Å². The van der Waals surface area contributed by atoms with E-state index in [1.165, 1.54) is 59.1 Å². The number of amides is 5. The van der Waals surface area contributed by atoms with Crippen LogP contribution in [0.2, 0.25) is 25.7 Å². The van der Waals surface area contributed by atoms with Crippen LogP contribution >= 0.6 is 11.3 Å². The zero-order valence-corrected chi connectivity index (χ0v) is 49.4. The van der Waals surface area contributed by atoms with Gasteiger partial charge in [-0.05, 0) is 85.3 Å². The van der Waals surface area contributed by atoms with E-state index in [2.05, 4.69) is 55.6 Å². The van der Waals surface area contributed by atoms with Crippen LogP contribution in [-0.2, 0) is 42.4 Å². The molecule has 1 aliphatic rings. The Hall–Kier alpha value is -7.58. The zero-order valence-electron chi connectivity index (χ0n) is 46.8. The number of aromatic nitrogens is 4. The van der Waals surface area contributed by atoms with Gasteiger partial charge in [-0.25, -0.2) is 27.5 Å². The van der Waals surface area contributed by atoms with Crippen molar-refractivity contribution in [3.05, 3.63) is 124 Å². The number of hydrogen-bond acceptors (Lipinski definition) is 15. The first-order valence-electron chi connectivity index (χ1n) is 26.3. The van der Waals surface area contributed by atoms with Crippen molar-refractivity contribution in [1.82, 2.24) is 40.6 Å². The van der Waals surface area contributed by atoms with E-state index in [0.717, 1.165) is 27.7 Å². The number of carbonyl (C=O) groups is 5. The summed E-state index contributed by atoms with van der Waals surface area (Å²) in [5, 5.41) is 26.7. The maximum atomic E-state index is 14.2. The number of halogens is 1. The van der Waals surface area contributed by atoms with Crippen molar-refractivity contribution in [1.29, 1.82) is 0 Å². The maximum absolute atomic E-state index is 14.2. The molecule has 0 saturated carbocycles. The van der Waals surface area contributed by atoms with E-state index >= 15 is 0 Å². The van der Waals surface area contributed by atoms with Crippen molar-refractivity contribution in [2.24, 2.45) is 11.1 Å². The second kappa shape index (κ2) is 25.9. The predicted octanol–water partition coefficient (Wildman–Crippen LogP) is 7.11. The Labute approximate surface area is 475 Å². The molecule has 0 bridgehead atoms. The van der Waals surface area contributed by atoms with Crippen molar-refractivity contribution in [2.75, 3.05) is 35.5 Å². The van der Waals surface area contributed by atoms with Gasteiger partial charge in [0.25, 0.3) is 11.8 Å². The average molecular weight is 1170 g/mol. The number of β-amino-alcohol motifs (C(OH)–C–C–N with tert-alkyl or cyclic N) is 1. The Kier molecular flexibility index (Phi) is 19.5. The van der Waals surface area contributed by atoms with Gasteiger partial charge in [0.05, 0.1) is 45.7 Å². The van der Waals surface area contributed by atoms with Gasteiger partial charge in [-0.2, -0.15) is 5.10 Å². The number of rotatable bonds is 24. The van der Waals surface area contributed by atoms with E-state index in [1.807, 2.05) is 31.2 Å². The molecule has 81 heavy (non-hydrogen) atoms. The van der Waals surface area contributed by atoms with Crippen LogP contribution in [0.15, 0.2) is 90.6 Å². The predicted molar refractivity (Wildman–Crippen MR) is 310 cm³/mol. The Bertz CT molecular complexity index is 3350. The summed E-state index contributed by atoms with van der Waals surface area (Å²) in [5.74, 6) is -3.60. The fourth-order valence-electron chi connectivity index (χ4n) is 8.71. The topological polar surface area (TPSA) is 291 Å². The van der Waals surface area contributed by atoms with E-state index < -0.39 is 89.7 Å². The molecule has 6 aromatic rings. The lowest BCUT2D eigenvalue weighted by atomic mass is 9.85. The van der Waals surface area contributed by atoms with Gasteiger partial charge in [0.15, 0.2) is 0 Å². The van der Waals surface area contributed by atoms with Gasteiger partial charge < -0.3 is 46.5 Å². The number of anilines is 3. The quantitative estimate of drug-likeness (QED) is 0.0235. The van der Waals surface area contributed by atoms with Crippen LogP contribution in [-0.4, -0.2) is 119 Å². The van der Waals surface area contributed by atoms with Gasteiger partial charge in [-0.3, -0.25) is 28.7 Å². The van der Waals surface area contributed by atoms with Crippen molar-refractivity contribution in [3.63, 3.8) is 0 Å². The van der Waals surface area contributed by atoms with Crippen molar-refractivity contribution >= 4 is 76.3 Å². The first-order valence-corrected chi connectivity index (χ1v) is 32.6. The van der Waals surface area contributed by atoms with Gasteiger partial charge >= 0.3 is 0 Å². The monoisotopic (exact) mass is 1170 g/mol. The van der Waals surface area contributed by atoms with E-state index in [9.17, 15) is 41.9 Å². The Morgan fingerprint density at radius 3 is 2.28 bits per heavy atom. The van der Waals surface area contributed by atoms with Crippen LogP contribution in [0.5, 0.6) is 5.75 Å². The molecule has 0 radical (unpaired) electrons. The fraction of sp³-hybridized carbons (Fsp3) is 0.393. The number of aryl methyl sites for hydroxylation is 1. The third-order valence-corrected chi connectivity index (χ3v) is 17.3. The zero-order chi connectivity index (χ0) is 59.0. The summed E-state index contributed by atoms with van der Waals surface area (Å²) in [4.78, 5) is 79.4. The molecule has 432 valence electrons. The van der Waals surface area contributed by atoms with Crippen molar-refractivity contribution in [3.8, 4) is 27.4 Å². The SMILES string of the molecule is CCS(=O)(=O)Nc1ccc(-c2nn(COCC[Si](C)(C)C)c(Nc3ccc(C(=O)NCC(=O)N[C@@H](C(=O)N4C[C@@H](O)C[C@@H]4C(=O)NCc4ccc(-c5scnc5C)cc4)C(C)(C)C)cn3)c2C(N)=O)cc1O[C@H](C)c1ccc(F)cc1. The first kappa shape index (κ1) is 61.0. The van der Waals surface area contributed by atoms with Crippen molar-refractivity contribution in [2.45, 2.75) is 111 Å². The highest BCUT2D eigenvalue weighted by Gasteiger charge is 2.44. The minimum Gasteiger partial charge on any atom is -0.484 e. The second-order valence-electron chi connectivity index (χ2n) is 22.0. The standard InChI is InChI=1S/C56H70FN11O10S2Si/c1-10-80(75,76)66-42-21-17-38(25-44(42)78-34(3)36-15-19-40(57)20-16-36)48-47(51(58)71)52(68(65-48)32-77-23-24-81(7,8)9)63-45-22-18-39(28-59-45)53(72)61-29-46(70)64-50(56(4,5)6)55(74)67-30-41(69)26-43(67)54(73)60-27-35-11-13-37(14-12-35)49-33(2)62-31-79-49/h11-22,25,28,31,34,41,43,50,66,69H,10,23-24,26-27,29-30,32H2,1-9H3,(H2,58,71)(H,59,63)(H,60,73)(H,61,72)(H,64,70)/t34-,41+,43-,50+/m1/s1. The molecule has 3 aromatic heterocycles. The fourth-order valence-corrected chi connectivity index (χ4v) is 10.9. The van der Waals surface area contributed by atoms with Gasteiger partial charge in [-0.1, -0.05) is 82.9 Å². The molecule has 5 amide bonds. The summed E-state index contributed by atoms with van der Waals surface area (Å²) in [5.41, 5.74) is 10.9. The summed E-state index contributed by atoms with van der Waals surface area (Å²) < 4.78 is 55.7. The molecular formula is C56H70FN11O10S2Si. The number of likely N-dealkylation sites (tertiary alicyclic amines) is 1. The molecule has 1 aliphatic heterocycles. The minimum atomic E-state index is -3.79. The summed E-state index contributed by atoms with van der Waals surface area (Å²) in [6, 6.07) is 19.5. The smallest absolute Gasteiger partial charge is 0.254 e. The summed E-state index contributed by atoms with van der Waals surface area (Å²) in [6.07, 6.45) is -0.398. The number of carbonyl (C=O) groups excluding carboxylic acids is 5.